The molecule has 1 fully saturated rings. The summed E-state index contributed by atoms with van der Waals surface area (Å²) in [5.74, 6) is -1.86. The van der Waals surface area contributed by atoms with Gasteiger partial charge in [-0.05, 0) is 11.1 Å². The Labute approximate surface area is 176 Å². The van der Waals surface area contributed by atoms with Gasteiger partial charge in [0, 0.05) is 18.2 Å². The number of carbonyl (C=O) groups excluding carboxylic acids is 1. The van der Waals surface area contributed by atoms with Gasteiger partial charge in [0.05, 0.1) is 5.51 Å². The van der Waals surface area contributed by atoms with Gasteiger partial charge < -0.3 is 14.7 Å². The van der Waals surface area contributed by atoms with Crippen molar-refractivity contribution in [2.75, 3.05) is 0 Å². The second-order valence-corrected chi connectivity index (χ2v) is 7.53. The fourth-order valence-corrected chi connectivity index (χ4v) is 3.44. The average molecular weight is 422 g/mol. The van der Waals surface area contributed by atoms with Crippen LogP contribution in [0.5, 0.6) is 0 Å². The topological polar surface area (TPSA) is 98.1 Å². The zero-order valence-corrected chi connectivity index (χ0v) is 16.6. The van der Waals surface area contributed by atoms with E-state index in [2.05, 4.69) is 10.1 Å². The number of hydrogen-bond donors (Lipinski definition) is 1. The number of rotatable bonds is 8. The first-order valence-electron chi connectivity index (χ1n) is 9.28. The summed E-state index contributed by atoms with van der Waals surface area (Å²) >= 11 is 1.24. The molecule has 1 N–H and O–H groups in total. The molecule has 0 radical (unpaired) electrons. The molecule has 0 bridgehead atoms. The van der Waals surface area contributed by atoms with E-state index >= 15 is 0 Å². The number of oxime groups is 1. The van der Waals surface area contributed by atoms with Gasteiger partial charge in [-0.3, -0.25) is 0 Å². The summed E-state index contributed by atoms with van der Waals surface area (Å²) in [6.07, 6.45) is 0.188. The molecule has 3 aromatic rings. The van der Waals surface area contributed by atoms with Gasteiger partial charge in [0.2, 0.25) is 11.3 Å². The van der Waals surface area contributed by atoms with E-state index in [1.807, 2.05) is 60.7 Å². The average Bonchev–Trinajstić information content (AvgIpc) is 3.38. The largest absolute Gasteiger partial charge is 0.476 e. The van der Waals surface area contributed by atoms with Crippen LogP contribution in [0.4, 0.5) is 0 Å². The van der Waals surface area contributed by atoms with Gasteiger partial charge in [-0.25, -0.2) is 14.6 Å². The van der Waals surface area contributed by atoms with E-state index in [4.69, 9.17) is 9.57 Å². The maximum Gasteiger partial charge on any atom is 0.360 e. The summed E-state index contributed by atoms with van der Waals surface area (Å²) in [5, 5.41) is 14.7. The molecule has 1 aromatic heterocycles. The van der Waals surface area contributed by atoms with Crippen LogP contribution in [0.15, 0.2) is 76.7 Å². The van der Waals surface area contributed by atoms with Gasteiger partial charge >= 0.3 is 11.9 Å². The minimum Gasteiger partial charge on any atom is -0.476 e. The molecule has 4 rings (SSSR count). The van der Waals surface area contributed by atoms with Crippen molar-refractivity contribution in [2.24, 2.45) is 5.16 Å². The third kappa shape index (κ3) is 4.23. The molecule has 7 nitrogen and oxygen atoms in total. The summed E-state index contributed by atoms with van der Waals surface area (Å²) in [6, 6.07) is 18.8. The molecule has 8 heteroatoms. The van der Waals surface area contributed by atoms with Crippen molar-refractivity contribution in [3.63, 3.8) is 0 Å². The zero-order chi connectivity index (χ0) is 21.0. The highest BCUT2D eigenvalue weighted by molar-refractivity contribution is 7.07. The number of esters is 1. The monoisotopic (exact) mass is 422 g/mol. The Morgan fingerprint density at radius 3 is 2.10 bits per heavy atom. The number of benzene rings is 2. The SMILES string of the molecule is O=C(O)/C(=N\OC1(C(=O)OC(c2ccccc2)c2ccccc2)CC1)c1cscn1. The number of carboxylic acids is 1. The fraction of sp³-hybridized carbons (Fsp3) is 0.182. The fourth-order valence-electron chi connectivity index (χ4n) is 2.90. The summed E-state index contributed by atoms with van der Waals surface area (Å²) in [7, 11) is 0. The van der Waals surface area contributed by atoms with Crippen molar-refractivity contribution in [3.8, 4) is 0 Å². The second kappa shape index (κ2) is 8.46. The van der Waals surface area contributed by atoms with Gasteiger partial charge in [0.25, 0.3) is 0 Å². The lowest BCUT2D eigenvalue weighted by Gasteiger charge is -2.21. The highest BCUT2D eigenvalue weighted by Crippen LogP contribution is 2.43. The van der Waals surface area contributed by atoms with Crippen LogP contribution in [0.3, 0.4) is 0 Å². The predicted molar refractivity (Wildman–Crippen MR) is 110 cm³/mol. The minimum absolute atomic E-state index is 0.183. The summed E-state index contributed by atoms with van der Waals surface area (Å²) < 4.78 is 5.84. The molecule has 152 valence electrons. The lowest BCUT2D eigenvalue weighted by molar-refractivity contribution is -0.164. The smallest absolute Gasteiger partial charge is 0.360 e. The van der Waals surface area contributed by atoms with Gasteiger partial charge in [0.1, 0.15) is 5.69 Å². The van der Waals surface area contributed by atoms with E-state index < -0.39 is 23.6 Å². The van der Waals surface area contributed by atoms with Crippen molar-refractivity contribution < 1.29 is 24.3 Å². The van der Waals surface area contributed by atoms with E-state index in [1.54, 1.807) is 5.38 Å². The normalized spacial score (nSPS) is 14.9. The van der Waals surface area contributed by atoms with E-state index in [1.165, 1.54) is 16.8 Å². The number of aliphatic carboxylic acids is 1. The van der Waals surface area contributed by atoms with Crippen LogP contribution in [-0.2, 0) is 19.2 Å². The first-order valence-corrected chi connectivity index (χ1v) is 10.2. The van der Waals surface area contributed by atoms with Crippen molar-refractivity contribution in [2.45, 2.75) is 24.5 Å². The van der Waals surface area contributed by atoms with Crippen LogP contribution in [0.1, 0.15) is 35.8 Å². The predicted octanol–water partition coefficient (Wildman–Crippen LogP) is 3.81. The molecule has 0 amide bonds. The van der Waals surface area contributed by atoms with Crippen LogP contribution < -0.4 is 0 Å². The first kappa shape index (κ1) is 19.8. The maximum atomic E-state index is 13.0. The molecule has 0 saturated heterocycles. The standard InChI is InChI=1S/C22H18N2O5S/c25-20(26)18(17-13-30-14-23-17)24-29-22(11-12-22)21(27)28-19(15-7-3-1-4-8-15)16-9-5-2-6-10-16/h1-10,13-14,19H,11-12H2,(H,25,26)/b24-18-. The lowest BCUT2D eigenvalue weighted by Crippen LogP contribution is -2.30. The summed E-state index contributed by atoms with van der Waals surface area (Å²) in [6.45, 7) is 0. The Morgan fingerprint density at radius 2 is 1.63 bits per heavy atom. The zero-order valence-electron chi connectivity index (χ0n) is 15.8. The maximum absolute atomic E-state index is 13.0. The van der Waals surface area contributed by atoms with Crippen molar-refractivity contribution in [1.29, 1.82) is 0 Å². The number of hydrogen-bond acceptors (Lipinski definition) is 7. The molecule has 1 aliphatic carbocycles. The van der Waals surface area contributed by atoms with E-state index in [0.29, 0.717) is 12.8 Å². The van der Waals surface area contributed by atoms with Crippen LogP contribution in [0.2, 0.25) is 0 Å². The Balaban J connectivity index is 1.55. The number of thiazole rings is 1. The molecule has 1 heterocycles. The number of carboxylic acid groups (broad SMARTS) is 1. The van der Waals surface area contributed by atoms with Crippen LogP contribution in [-0.4, -0.2) is 33.3 Å². The van der Waals surface area contributed by atoms with Crippen molar-refractivity contribution in [1.82, 2.24) is 4.98 Å². The minimum atomic E-state index is -1.28. The summed E-state index contributed by atoms with van der Waals surface area (Å²) in [5.41, 5.74) is 1.70. The Morgan fingerprint density at radius 1 is 1.03 bits per heavy atom. The Bertz CT molecular complexity index is 1010. The molecule has 0 unspecified atom stereocenters. The molecular formula is C22H18N2O5S. The van der Waals surface area contributed by atoms with Crippen molar-refractivity contribution >= 4 is 29.0 Å². The molecule has 0 aliphatic heterocycles. The third-order valence-electron chi connectivity index (χ3n) is 4.69. The molecule has 1 saturated carbocycles. The van der Waals surface area contributed by atoms with Crippen LogP contribution >= 0.6 is 11.3 Å². The molecule has 30 heavy (non-hydrogen) atoms. The molecule has 0 atom stereocenters. The molecule has 2 aromatic carbocycles. The lowest BCUT2D eigenvalue weighted by atomic mass is 10.0. The summed E-state index contributed by atoms with van der Waals surface area (Å²) in [4.78, 5) is 33.8. The van der Waals surface area contributed by atoms with Gasteiger partial charge in [-0.1, -0.05) is 65.8 Å². The van der Waals surface area contributed by atoms with E-state index in [9.17, 15) is 14.7 Å². The number of aromatic nitrogens is 1. The van der Waals surface area contributed by atoms with Gasteiger partial charge in [0.15, 0.2) is 6.10 Å². The first-order chi connectivity index (χ1) is 14.6. The molecular weight excluding hydrogens is 404 g/mol. The van der Waals surface area contributed by atoms with Gasteiger partial charge in [-0.2, -0.15) is 0 Å². The Hall–Kier alpha value is -3.52. The molecule has 1 aliphatic rings. The third-order valence-corrected chi connectivity index (χ3v) is 5.28. The van der Waals surface area contributed by atoms with Gasteiger partial charge in [-0.15, -0.1) is 11.3 Å². The highest BCUT2D eigenvalue weighted by atomic mass is 32.1. The van der Waals surface area contributed by atoms with Crippen molar-refractivity contribution in [3.05, 3.63) is 88.4 Å². The number of carbonyl (C=O) groups is 2. The Kier molecular flexibility index (Phi) is 5.58. The van der Waals surface area contributed by atoms with E-state index in [0.717, 1.165) is 11.1 Å². The quantitative estimate of drug-likeness (QED) is 0.337. The van der Waals surface area contributed by atoms with Crippen LogP contribution in [0, 0.1) is 0 Å². The second-order valence-electron chi connectivity index (χ2n) is 6.81. The number of nitrogens with zero attached hydrogens (tertiary/aromatic N) is 2. The number of ether oxygens (including phenoxy) is 1. The van der Waals surface area contributed by atoms with Crippen LogP contribution in [0.25, 0.3) is 0 Å². The highest BCUT2D eigenvalue weighted by Gasteiger charge is 2.56. The molecule has 0 spiro atoms. The van der Waals surface area contributed by atoms with E-state index in [-0.39, 0.29) is 11.4 Å².